The van der Waals surface area contributed by atoms with Crippen molar-refractivity contribution in [2.24, 2.45) is 0 Å². The van der Waals surface area contributed by atoms with Crippen LogP contribution in [0.4, 0.5) is 0 Å². The lowest BCUT2D eigenvalue weighted by Crippen LogP contribution is -2.15. The van der Waals surface area contributed by atoms with Gasteiger partial charge in [0.25, 0.3) is 0 Å². The van der Waals surface area contributed by atoms with E-state index < -0.39 is 0 Å². The molecule has 0 aliphatic carbocycles. The number of hydrogen-bond donors (Lipinski definition) is 0. The Morgan fingerprint density at radius 3 is 1.12 bits per heavy atom. The topological polar surface area (TPSA) is 111 Å². The lowest BCUT2D eigenvalue weighted by Gasteiger charge is -2.20. The molecule has 262 valence electrons. The molecule has 0 bridgehead atoms. The van der Waals surface area contributed by atoms with E-state index >= 15 is 0 Å². The molecule has 12 heteroatoms. The molecule has 4 rings (SSSR count). The van der Waals surface area contributed by atoms with Crippen LogP contribution >= 0.6 is 0 Å². The molecule has 12 nitrogen and oxygen atoms in total. The normalized spacial score (nSPS) is 25.3. The minimum atomic E-state index is 0.350. The number of rotatable bonds is 0. The number of allylic oxidation sites excluding steroid dienone is 6. The van der Waals surface area contributed by atoms with Gasteiger partial charge in [-0.05, 0) is 48.0 Å². The lowest BCUT2D eigenvalue weighted by molar-refractivity contribution is 0.00311. The van der Waals surface area contributed by atoms with Crippen LogP contribution < -0.4 is 0 Å². The summed E-state index contributed by atoms with van der Waals surface area (Å²) in [6.07, 6.45) is 11.5. The highest BCUT2D eigenvalue weighted by atomic mass is 16.6. The van der Waals surface area contributed by atoms with E-state index in [-0.39, 0.29) is 0 Å². The van der Waals surface area contributed by atoms with Gasteiger partial charge in [-0.15, -0.1) is 0 Å². The Balaban J connectivity index is 1.50. The third kappa shape index (κ3) is 15.8. The predicted molar refractivity (Wildman–Crippen MR) is 174 cm³/mol. The molecule has 0 N–H and O–H groups in total. The summed E-state index contributed by atoms with van der Waals surface area (Å²) < 4.78 is 68.4. The largest absolute Gasteiger partial charge is 0.497 e. The third-order valence-electron chi connectivity index (χ3n) is 6.64. The molecule has 0 spiro atoms. The molecule has 0 saturated carbocycles. The van der Waals surface area contributed by atoms with Gasteiger partial charge in [-0.3, -0.25) is 0 Å². The van der Waals surface area contributed by atoms with Crippen molar-refractivity contribution in [3.05, 3.63) is 71.0 Å². The van der Waals surface area contributed by atoms with Gasteiger partial charge in [-0.2, -0.15) is 0 Å². The summed E-state index contributed by atoms with van der Waals surface area (Å²) in [7, 11) is 0. The van der Waals surface area contributed by atoms with Crippen molar-refractivity contribution in [2.75, 3.05) is 119 Å². The fraction of sp³-hybridized carbons (Fsp3) is 0.556. The SMILES string of the molecule is C(C#CC1=C/OCCOCCOCCOCCC2=C(/C=C\1)OCCO2)#CC1=C/OCCOCCOCCOCCC2=C(/C=C\1)OCCO2. The molecule has 0 aromatic heterocycles. The van der Waals surface area contributed by atoms with Gasteiger partial charge in [0.1, 0.15) is 51.2 Å². The van der Waals surface area contributed by atoms with E-state index in [4.69, 9.17) is 56.8 Å². The fourth-order valence-electron chi connectivity index (χ4n) is 4.29. The number of hydrogen-bond acceptors (Lipinski definition) is 12. The monoisotopic (exact) mass is 670 g/mol. The van der Waals surface area contributed by atoms with Gasteiger partial charge in [0.15, 0.2) is 11.5 Å². The smallest absolute Gasteiger partial charge is 0.157 e. The summed E-state index contributed by atoms with van der Waals surface area (Å²) in [6.45, 7) is 8.26. The van der Waals surface area contributed by atoms with Crippen molar-refractivity contribution in [1.82, 2.24) is 0 Å². The van der Waals surface area contributed by atoms with Crippen LogP contribution in [0.3, 0.4) is 0 Å². The van der Waals surface area contributed by atoms with E-state index in [0.29, 0.717) is 154 Å². The second-order valence-corrected chi connectivity index (χ2v) is 10.2. The predicted octanol–water partition coefficient (Wildman–Crippen LogP) is 3.33. The average molecular weight is 671 g/mol. The van der Waals surface area contributed by atoms with Crippen LogP contribution in [-0.4, -0.2) is 119 Å². The van der Waals surface area contributed by atoms with Crippen LogP contribution in [0.2, 0.25) is 0 Å². The fourth-order valence-corrected chi connectivity index (χ4v) is 4.29. The van der Waals surface area contributed by atoms with Gasteiger partial charge in [-0.1, -0.05) is 0 Å². The molecule has 0 aromatic rings. The summed E-state index contributed by atoms with van der Waals surface area (Å²) >= 11 is 0. The lowest BCUT2D eigenvalue weighted by atomic mass is 10.2. The summed E-state index contributed by atoms with van der Waals surface area (Å²) in [4.78, 5) is 0. The van der Waals surface area contributed by atoms with Crippen molar-refractivity contribution < 1.29 is 56.8 Å². The first-order chi connectivity index (χ1) is 23.9. The zero-order valence-corrected chi connectivity index (χ0v) is 27.5. The Labute approximate surface area is 283 Å². The van der Waals surface area contributed by atoms with Gasteiger partial charge in [0, 0.05) is 12.8 Å². The van der Waals surface area contributed by atoms with Crippen molar-refractivity contribution in [3.63, 3.8) is 0 Å². The third-order valence-corrected chi connectivity index (χ3v) is 6.64. The molecule has 4 aliphatic heterocycles. The maximum Gasteiger partial charge on any atom is 0.157 e. The van der Waals surface area contributed by atoms with Crippen molar-refractivity contribution >= 4 is 0 Å². The van der Waals surface area contributed by atoms with E-state index in [1.807, 2.05) is 12.2 Å². The maximum atomic E-state index is 5.86. The van der Waals surface area contributed by atoms with E-state index in [1.165, 1.54) is 0 Å². The summed E-state index contributed by atoms with van der Waals surface area (Å²) in [5.41, 5.74) is 1.17. The van der Waals surface area contributed by atoms with E-state index in [2.05, 4.69) is 23.7 Å². The van der Waals surface area contributed by atoms with Gasteiger partial charge in [-0.25, -0.2) is 0 Å². The summed E-state index contributed by atoms with van der Waals surface area (Å²) in [5, 5.41) is 0. The minimum absolute atomic E-state index is 0.350. The number of ether oxygens (including phenoxy) is 12. The Bertz CT molecular complexity index is 1170. The average Bonchev–Trinajstić information content (AvgIpc) is 3.11. The molecule has 0 unspecified atom stereocenters. The highest BCUT2D eigenvalue weighted by molar-refractivity contribution is 5.48. The first-order valence-corrected chi connectivity index (χ1v) is 16.3. The van der Waals surface area contributed by atoms with Gasteiger partial charge in [0.05, 0.1) is 103 Å². The Morgan fingerprint density at radius 1 is 0.354 bits per heavy atom. The molecule has 4 aliphatic rings. The zero-order chi connectivity index (χ0) is 33.2. The standard InChI is InChI=1S/C36H46O12/c1(3-31-5-7-33-35(47-27-25-45-33)9-11-37-13-15-39-17-19-41-21-23-43-29-31)2-4-32-6-8-34-36(48-28-26-46-34)10-12-38-14-16-40-18-20-42-22-24-44-30-32/h5-8,29-30H,9-28H2/b7-5-,8-6-,31-29-,32-30-. The van der Waals surface area contributed by atoms with Crippen LogP contribution in [0.1, 0.15) is 12.8 Å². The van der Waals surface area contributed by atoms with Crippen molar-refractivity contribution in [3.8, 4) is 23.7 Å². The second kappa shape index (κ2) is 24.3. The molecule has 0 fully saturated rings. The van der Waals surface area contributed by atoms with Crippen molar-refractivity contribution in [1.29, 1.82) is 0 Å². The van der Waals surface area contributed by atoms with E-state index in [9.17, 15) is 0 Å². The van der Waals surface area contributed by atoms with Gasteiger partial charge in [0.2, 0.25) is 0 Å². The Kier molecular flexibility index (Phi) is 18.7. The molecular formula is C36H46O12. The van der Waals surface area contributed by atoms with Crippen LogP contribution in [0.15, 0.2) is 71.0 Å². The summed E-state index contributed by atoms with van der Waals surface area (Å²) in [6, 6.07) is 0. The van der Waals surface area contributed by atoms with Gasteiger partial charge < -0.3 is 56.8 Å². The zero-order valence-electron chi connectivity index (χ0n) is 27.5. The van der Waals surface area contributed by atoms with E-state index in [1.54, 1.807) is 24.7 Å². The highest BCUT2D eigenvalue weighted by Gasteiger charge is 2.14. The quantitative estimate of drug-likeness (QED) is 0.353. The maximum absolute atomic E-state index is 5.86. The second-order valence-electron chi connectivity index (χ2n) is 10.2. The Morgan fingerprint density at radius 2 is 0.708 bits per heavy atom. The van der Waals surface area contributed by atoms with Crippen LogP contribution in [0.5, 0.6) is 0 Å². The molecule has 4 heterocycles. The Hall–Kier alpha value is -3.88. The van der Waals surface area contributed by atoms with Crippen LogP contribution in [0, 0.1) is 23.7 Å². The van der Waals surface area contributed by atoms with Crippen LogP contribution in [0.25, 0.3) is 0 Å². The van der Waals surface area contributed by atoms with E-state index in [0.717, 1.165) is 11.5 Å². The summed E-state index contributed by atoms with van der Waals surface area (Å²) in [5.74, 6) is 14.6. The first kappa shape index (κ1) is 36.9. The molecule has 0 atom stereocenters. The molecule has 0 saturated heterocycles. The highest BCUT2D eigenvalue weighted by Crippen LogP contribution is 2.20. The van der Waals surface area contributed by atoms with Gasteiger partial charge >= 0.3 is 0 Å². The van der Waals surface area contributed by atoms with Crippen LogP contribution in [-0.2, 0) is 56.8 Å². The molecule has 0 amide bonds. The minimum Gasteiger partial charge on any atom is -0.497 e. The van der Waals surface area contributed by atoms with Crippen molar-refractivity contribution in [2.45, 2.75) is 12.8 Å². The molecular weight excluding hydrogens is 624 g/mol. The first-order valence-electron chi connectivity index (χ1n) is 16.3. The molecule has 0 radical (unpaired) electrons. The molecule has 0 aromatic carbocycles. The molecule has 48 heavy (non-hydrogen) atoms.